The van der Waals surface area contributed by atoms with Crippen LogP contribution >= 0.6 is 11.8 Å². The van der Waals surface area contributed by atoms with Gasteiger partial charge in [0, 0.05) is 10.6 Å². The first kappa shape index (κ1) is 16.2. The molecule has 5 heteroatoms. The Morgan fingerprint density at radius 3 is 2.27 bits per heavy atom. The Morgan fingerprint density at radius 1 is 1.05 bits per heavy atom. The van der Waals surface area contributed by atoms with Crippen LogP contribution in [0.2, 0.25) is 0 Å². The van der Waals surface area contributed by atoms with Crippen molar-refractivity contribution in [3.63, 3.8) is 0 Å². The van der Waals surface area contributed by atoms with Crippen LogP contribution in [-0.4, -0.2) is 25.4 Å². The topological polar surface area (TPSA) is 47.6 Å². The lowest BCUT2D eigenvalue weighted by Gasteiger charge is -2.07. The molecular weight excluding hydrogens is 298 g/mol. The van der Waals surface area contributed by atoms with Gasteiger partial charge in [0.05, 0.1) is 19.5 Å². The highest BCUT2D eigenvalue weighted by molar-refractivity contribution is 8.00. The molecule has 0 fully saturated rings. The number of rotatable bonds is 7. The third kappa shape index (κ3) is 5.00. The van der Waals surface area contributed by atoms with Crippen molar-refractivity contribution < 1.29 is 14.3 Å². The number of amides is 1. The highest BCUT2D eigenvalue weighted by Crippen LogP contribution is 2.22. The second-order valence-electron chi connectivity index (χ2n) is 4.47. The highest BCUT2D eigenvalue weighted by Gasteiger charge is 2.04. The van der Waals surface area contributed by atoms with Crippen LogP contribution in [0.3, 0.4) is 0 Å². The van der Waals surface area contributed by atoms with Crippen molar-refractivity contribution in [2.75, 3.05) is 24.8 Å². The molecule has 2 rings (SSSR count). The molecule has 1 N–H and O–H groups in total. The summed E-state index contributed by atoms with van der Waals surface area (Å²) in [5.41, 5.74) is 0.762. The van der Waals surface area contributed by atoms with Gasteiger partial charge < -0.3 is 14.8 Å². The molecule has 0 aliphatic heterocycles. The van der Waals surface area contributed by atoms with E-state index in [0.717, 1.165) is 22.1 Å². The highest BCUT2D eigenvalue weighted by atomic mass is 32.2. The normalized spacial score (nSPS) is 10.1. The summed E-state index contributed by atoms with van der Waals surface area (Å²) >= 11 is 1.49. The fraction of sp³-hybridized carbons (Fsp3) is 0.235. The molecule has 0 spiro atoms. The SMILES string of the molecule is CCOc1ccc(SCC(=O)Nc2ccc(OC)cc2)cc1. The summed E-state index contributed by atoms with van der Waals surface area (Å²) in [5.74, 6) is 1.93. The molecule has 0 heterocycles. The third-order valence-corrected chi connectivity index (χ3v) is 3.89. The van der Waals surface area contributed by atoms with Crippen molar-refractivity contribution in [3.05, 3.63) is 48.5 Å². The zero-order chi connectivity index (χ0) is 15.8. The lowest BCUT2D eigenvalue weighted by Crippen LogP contribution is -2.13. The van der Waals surface area contributed by atoms with Gasteiger partial charge in [-0.3, -0.25) is 4.79 Å². The molecule has 116 valence electrons. The summed E-state index contributed by atoms with van der Waals surface area (Å²) in [7, 11) is 1.61. The maximum Gasteiger partial charge on any atom is 0.234 e. The van der Waals surface area contributed by atoms with Crippen LogP contribution in [0, 0.1) is 0 Å². The Labute approximate surface area is 134 Å². The maximum absolute atomic E-state index is 11.9. The van der Waals surface area contributed by atoms with Crippen molar-refractivity contribution in [1.29, 1.82) is 0 Å². The smallest absolute Gasteiger partial charge is 0.234 e. The van der Waals surface area contributed by atoms with Gasteiger partial charge in [0.25, 0.3) is 0 Å². The first-order valence-electron chi connectivity index (χ1n) is 7.01. The van der Waals surface area contributed by atoms with E-state index in [-0.39, 0.29) is 5.91 Å². The zero-order valence-corrected chi connectivity index (χ0v) is 13.5. The standard InChI is InChI=1S/C17H19NO3S/c1-3-21-15-8-10-16(11-9-15)22-12-17(19)18-13-4-6-14(20-2)7-5-13/h4-11H,3,12H2,1-2H3,(H,18,19). The molecule has 0 aromatic heterocycles. The molecule has 0 aliphatic rings. The van der Waals surface area contributed by atoms with Crippen LogP contribution in [0.4, 0.5) is 5.69 Å². The summed E-state index contributed by atoms with van der Waals surface area (Å²) < 4.78 is 10.5. The molecule has 0 radical (unpaired) electrons. The predicted octanol–water partition coefficient (Wildman–Crippen LogP) is 3.82. The van der Waals surface area contributed by atoms with Crippen LogP contribution in [0.1, 0.15) is 6.92 Å². The largest absolute Gasteiger partial charge is 0.497 e. The number of hydrogen-bond acceptors (Lipinski definition) is 4. The van der Waals surface area contributed by atoms with Gasteiger partial charge in [0.1, 0.15) is 11.5 Å². The minimum absolute atomic E-state index is 0.0379. The lowest BCUT2D eigenvalue weighted by atomic mass is 10.3. The molecule has 2 aromatic rings. The average Bonchev–Trinajstić information content (AvgIpc) is 2.55. The van der Waals surface area contributed by atoms with Gasteiger partial charge in [-0.2, -0.15) is 0 Å². The van der Waals surface area contributed by atoms with Gasteiger partial charge in [-0.1, -0.05) is 0 Å². The van der Waals surface area contributed by atoms with E-state index in [9.17, 15) is 4.79 Å². The second kappa shape index (κ2) is 8.34. The zero-order valence-electron chi connectivity index (χ0n) is 12.7. The predicted molar refractivity (Wildman–Crippen MR) is 90.0 cm³/mol. The number of methoxy groups -OCH3 is 1. The van der Waals surface area contributed by atoms with E-state index in [1.165, 1.54) is 11.8 Å². The van der Waals surface area contributed by atoms with Gasteiger partial charge in [-0.15, -0.1) is 11.8 Å². The molecule has 0 saturated carbocycles. The van der Waals surface area contributed by atoms with E-state index in [1.807, 2.05) is 55.5 Å². The first-order chi connectivity index (χ1) is 10.7. The molecule has 2 aromatic carbocycles. The minimum Gasteiger partial charge on any atom is -0.497 e. The minimum atomic E-state index is -0.0379. The molecule has 0 aliphatic carbocycles. The summed E-state index contributed by atoms with van der Waals surface area (Å²) in [6.07, 6.45) is 0. The molecule has 22 heavy (non-hydrogen) atoms. The molecule has 0 saturated heterocycles. The van der Waals surface area contributed by atoms with E-state index in [2.05, 4.69) is 5.32 Å². The Balaban J connectivity index is 1.81. The fourth-order valence-corrected chi connectivity index (χ4v) is 2.52. The summed E-state index contributed by atoms with van der Waals surface area (Å²) in [6.45, 7) is 2.60. The number of carbonyl (C=O) groups is 1. The van der Waals surface area contributed by atoms with Gasteiger partial charge >= 0.3 is 0 Å². The Morgan fingerprint density at radius 2 is 1.68 bits per heavy atom. The Hall–Kier alpha value is -2.14. The lowest BCUT2D eigenvalue weighted by molar-refractivity contribution is -0.113. The van der Waals surface area contributed by atoms with Crippen molar-refractivity contribution in [1.82, 2.24) is 0 Å². The summed E-state index contributed by atoms with van der Waals surface area (Å²) in [5, 5.41) is 2.86. The molecule has 4 nitrogen and oxygen atoms in total. The van der Waals surface area contributed by atoms with Gasteiger partial charge in [0.15, 0.2) is 0 Å². The van der Waals surface area contributed by atoms with Crippen molar-refractivity contribution in [2.24, 2.45) is 0 Å². The van der Waals surface area contributed by atoms with E-state index in [0.29, 0.717) is 12.4 Å². The van der Waals surface area contributed by atoms with Gasteiger partial charge in [0.2, 0.25) is 5.91 Å². The van der Waals surface area contributed by atoms with Crippen molar-refractivity contribution in [3.8, 4) is 11.5 Å². The maximum atomic E-state index is 11.9. The summed E-state index contributed by atoms with van der Waals surface area (Å²) in [4.78, 5) is 13.0. The number of thioether (sulfide) groups is 1. The Bertz CT molecular complexity index is 596. The van der Waals surface area contributed by atoms with E-state index in [4.69, 9.17) is 9.47 Å². The average molecular weight is 317 g/mol. The van der Waals surface area contributed by atoms with Crippen LogP contribution in [-0.2, 0) is 4.79 Å². The van der Waals surface area contributed by atoms with E-state index >= 15 is 0 Å². The number of hydrogen-bond donors (Lipinski definition) is 1. The molecule has 0 atom stereocenters. The van der Waals surface area contributed by atoms with Crippen molar-refractivity contribution in [2.45, 2.75) is 11.8 Å². The number of nitrogens with one attached hydrogen (secondary N) is 1. The van der Waals surface area contributed by atoms with Crippen LogP contribution in [0.15, 0.2) is 53.4 Å². The fourth-order valence-electron chi connectivity index (χ4n) is 1.82. The molecular formula is C17H19NO3S. The van der Waals surface area contributed by atoms with E-state index in [1.54, 1.807) is 7.11 Å². The Kier molecular flexibility index (Phi) is 6.15. The van der Waals surface area contributed by atoms with Crippen LogP contribution in [0.5, 0.6) is 11.5 Å². The monoisotopic (exact) mass is 317 g/mol. The number of benzene rings is 2. The number of carbonyl (C=O) groups excluding carboxylic acids is 1. The second-order valence-corrected chi connectivity index (χ2v) is 5.52. The van der Waals surface area contributed by atoms with Crippen molar-refractivity contribution >= 4 is 23.4 Å². The molecule has 1 amide bonds. The summed E-state index contributed by atoms with van der Waals surface area (Å²) in [6, 6.07) is 15.0. The number of ether oxygens (including phenoxy) is 2. The quantitative estimate of drug-likeness (QED) is 0.789. The van der Waals surface area contributed by atoms with E-state index < -0.39 is 0 Å². The van der Waals surface area contributed by atoms with Gasteiger partial charge in [-0.25, -0.2) is 0 Å². The first-order valence-corrected chi connectivity index (χ1v) is 7.99. The van der Waals surface area contributed by atoms with Gasteiger partial charge in [-0.05, 0) is 55.5 Å². The van der Waals surface area contributed by atoms with Crippen LogP contribution in [0.25, 0.3) is 0 Å². The molecule has 0 bridgehead atoms. The number of anilines is 1. The van der Waals surface area contributed by atoms with Crippen LogP contribution < -0.4 is 14.8 Å². The molecule has 0 unspecified atom stereocenters. The third-order valence-electron chi connectivity index (χ3n) is 2.88.